The first-order chi connectivity index (χ1) is 7.75. The summed E-state index contributed by atoms with van der Waals surface area (Å²) < 4.78 is 0. The molecule has 0 aliphatic carbocycles. The number of piperazine rings is 1. The summed E-state index contributed by atoms with van der Waals surface area (Å²) in [7, 11) is 0. The van der Waals surface area contributed by atoms with Gasteiger partial charge in [-0.05, 0) is 6.92 Å². The third kappa shape index (κ3) is 3.01. The highest BCUT2D eigenvalue weighted by molar-refractivity contribution is 7.13. The van der Waals surface area contributed by atoms with E-state index in [0.717, 1.165) is 19.6 Å². The molecule has 1 aromatic heterocycles. The van der Waals surface area contributed by atoms with E-state index in [1.54, 1.807) is 6.20 Å². The highest BCUT2D eigenvalue weighted by Gasteiger charge is 2.20. The van der Waals surface area contributed by atoms with E-state index in [1.807, 2.05) is 5.38 Å². The summed E-state index contributed by atoms with van der Waals surface area (Å²) in [6.07, 6.45) is 1.69. The van der Waals surface area contributed by atoms with Crippen LogP contribution in [0.5, 0.6) is 0 Å². The van der Waals surface area contributed by atoms with Crippen molar-refractivity contribution in [2.75, 3.05) is 31.5 Å². The number of carbonyl (C=O) groups is 1. The van der Waals surface area contributed by atoms with Crippen molar-refractivity contribution in [2.24, 2.45) is 0 Å². The Bertz CT molecular complexity index is 341. The molecule has 1 fully saturated rings. The first kappa shape index (κ1) is 11.5. The van der Waals surface area contributed by atoms with E-state index >= 15 is 0 Å². The van der Waals surface area contributed by atoms with E-state index in [4.69, 9.17) is 0 Å². The molecular weight excluding hydrogens is 224 g/mol. The number of carbonyl (C=O) groups excluding carboxylic acids is 1. The van der Waals surface area contributed by atoms with Crippen LogP contribution in [0.15, 0.2) is 11.6 Å². The van der Waals surface area contributed by atoms with E-state index in [0.29, 0.717) is 17.7 Å². The van der Waals surface area contributed by atoms with Gasteiger partial charge < -0.3 is 10.6 Å². The average Bonchev–Trinajstić information content (AvgIpc) is 2.74. The highest BCUT2D eigenvalue weighted by Crippen LogP contribution is 2.10. The van der Waals surface area contributed by atoms with Crippen molar-refractivity contribution >= 4 is 22.4 Å². The lowest BCUT2D eigenvalue weighted by molar-refractivity contribution is -0.118. The van der Waals surface area contributed by atoms with Crippen LogP contribution in [0, 0.1) is 0 Å². The number of thiazole rings is 1. The summed E-state index contributed by atoms with van der Waals surface area (Å²) >= 11 is 1.44. The van der Waals surface area contributed by atoms with E-state index in [-0.39, 0.29) is 5.91 Å². The van der Waals surface area contributed by atoms with Gasteiger partial charge in [0.2, 0.25) is 5.91 Å². The predicted molar refractivity (Wildman–Crippen MR) is 64.6 cm³/mol. The molecule has 2 heterocycles. The van der Waals surface area contributed by atoms with Crippen LogP contribution in [0.2, 0.25) is 0 Å². The van der Waals surface area contributed by atoms with Gasteiger partial charge in [-0.2, -0.15) is 0 Å². The summed E-state index contributed by atoms with van der Waals surface area (Å²) in [6, 6.07) is 0.413. The predicted octanol–water partition coefficient (Wildman–Crippen LogP) is 0.375. The van der Waals surface area contributed by atoms with Crippen molar-refractivity contribution in [3.8, 4) is 0 Å². The lowest BCUT2D eigenvalue weighted by Crippen LogP contribution is -2.51. The van der Waals surface area contributed by atoms with Crippen molar-refractivity contribution < 1.29 is 4.79 Å². The maximum atomic E-state index is 11.7. The average molecular weight is 240 g/mol. The Morgan fingerprint density at radius 2 is 2.69 bits per heavy atom. The van der Waals surface area contributed by atoms with Gasteiger partial charge in [-0.25, -0.2) is 4.98 Å². The second-order valence-electron chi connectivity index (χ2n) is 3.91. The second-order valence-corrected chi connectivity index (χ2v) is 4.80. The van der Waals surface area contributed by atoms with E-state index in [1.165, 1.54) is 11.3 Å². The molecule has 0 bridgehead atoms. The largest absolute Gasteiger partial charge is 0.314 e. The topological polar surface area (TPSA) is 57.3 Å². The van der Waals surface area contributed by atoms with Crippen LogP contribution in [0.3, 0.4) is 0 Å². The van der Waals surface area contributed by atoms with Gasteiger partial charge in [0.1, 0.15) is 0 Å². The second kappa shape index (κ2) is 5.38. The number of anilines is 1. The zero-order valence-electron chi connectivity index (χ0n) is 9.27. The van der Waals surface area contributed by atoms with Crippen LogP contribution in [0.1, 0.15) is 6.92 Å². The third-order valence-electron chi connectivity index (χ3n) is 2.66. The van der Waals surface area contributed by atoms with Crippen LogP contribution in [0.4, 0.5) is 5.13 Å². The molecule has 6 heteroatoms. The van der Waals surface area contributed by atoms with E-state index in [2.05, 4.69) is 27.4 Å². The molecule has 2 N–H and O–H groups in total. The Hall–Kier alpha value is -0.980. The van der Waals surface area contributed by atoms with Gasteiger partial charge in [0, 0.05) is 37.3 Å². The summed E-state index contributed by atoms with van der Waals surface area (Å²) in [5.74, 6) is 0.0173. The number of hydrogen-bond acceptors (Lipinski definition) is 5. The van der Waals surface area contributed by atoms with Crippen molar-refractivity contribution in [3.63, 3.8) is 0 Å². The van der Waals surface area contributed by atoms with Crippen LogP contribution in [-0.2, 0) is 4.79 Å². The Morgan fingerprint density at radius 3 is 3.38 bits per heavy atom. The van der Waals surface area contributed by atoms with Gasteiger partial charge in [0.25, 0.3) is 0 Å². The summed E-state index contributed by atoms with van der Waals surface area (Å²) in [5, 5.41) is 8.62. The highest BCUT2D eigenvalue weighted by atomic mass is 32.1. The smallest absolute Gasteiger partial charge is 0.240 e. The van der Waals surface area contributed by atoms with Gasteiger partial charge in [0.05, 0.1) is 6.54 Å². The third-order valence-corrected chi connectivity index (χ3v) is 3.35. The van der Waals surface area contributed by atoms with Crippen molar-refractivity contribution in [2.45, 2.75) is 13.0 Å². The molecule has 1 aliphatic rings. The van der Waals surface area contributed by atoms with Gasteiger partial charge in [-0.3, -0.25) is 9.69 Å². The zero-order chi connectivity index (χ0) is 11.4. The number of aromatic nitrogens is 1. The molecule has 0 saturated carbocycles. The SMILES string of the molecule is CC1CNCCN1CC(=O)Nc1nccs1. The molecule has 0 aromatic carbocycles. The quantitative estimate of drug-likeness (QED) is 0.802. The first-order valence-corrected chi connectivity index (χ1v) is 6.28. The molecule has 0 spiro atoms. The number of amides is 1. The summed E-state index contributed by atoms with van der Waals surface area (Å²) in [4.78, 5) is 17.9. The lowest BCUT2D eigenvalue weighted by Gasteiger charge is -2.33. The lowest BCUT2D eigenvalue weighted by atomic mass is 10.2. The Morgan fingerprint density at radius 1 is 1.81 bits per heavy atom. The molecule has 0 radical (unpaired) electrons. The van der Waals surface area contributed by atoms with Crippen molar-refractivity contribution in [1.82, 2.24) is 15.2 Å². The van der Waals surface area contributed by atoms with E-state index in [9.17, 15) is 4.79 Å². The van der Waals surface area contributed by atoms with Gasteiger partial charge in [0.15, 0.2) is 5.13 Å². The fourth-order valence-corrected chi connectivity index (χ4v) is 2.29. The van der Waals surface area contributed by atoms with Crippen LogP contribution < -0.4 is 10.6 Å². The number of rotatable bonds is 3. The molecule has 1 unspecified atom stereocenters. The fourth-order valence-electron chi connectivity index (χ4n) is 1.75. The molecule has 1 aliphatic heterocycles. The number of hydrogen-bond donors (Lipinski definition) is 2. The Kier molecular flexibility index (Phi) is 3.87. The summed E-state index contributed by atoms with van der Waals surface area (Å²) in [5.41, 5.74) is 0. The molecular formula is C10H16N4OS. The number of nitrogens with one attached hydrogen (secondary N) is 2. The van der Waals surface area contributed by atoms with E-state index < -0.39 is 0 Å². The molecule has 2 rings (SSSR count). The van der Waals surface area contributed by atoms with Gasteiger partial charge in [-0.15, -0.1) is 11.3 Å². The first-order valence-electron chi connectivity index (χ1n) is 5.40. The molecule has 88 valence electrons. The minimum Gasteiger partial charge on any atom is -0.314 e. The van der Waals surface area contributed by atoms with Crippen LogP contribution in [-0.4, -0.2) is 48.0 Å². The molecule has 1 amide bonds. The van der Waals surface area contributed by atoms with Gasteiger partial charge in [-0.1, -0.05) is 0 Å². The Balaban J connectivity index is 1.82. The molecule has 16 heavy (non-hydrogen) atoms. The molecule has 1 saturated heterocycles. The standard InChI is InChI=1S/C10H16N4OS/c1-8-6-11-2-4-14(8)7-9(15)13-10-12-3-5-16-10/h3,5,8,11H,2,4,6-7H2,1H3,(H,12,13,15). The van der Waals surface area contributed by atoms with Crippen LogP contribution >= 0.6 is 11.3 Å². The maximum Gasteiger partial charge on any atom is 0.240 e. The number of nitrogens with zero attached hydrogens (tertiary/aromatic N) is 2. The maximum absolute atomic E-state index is 11.7. The molecule has 5 nitrogen and oxygen atoms in total. The van der Waals surface area contributed by atoms with Gasteiger partial charge >= 0.3 is 0 Å². The fraction of sp³-hybridized carbons (Fsp3) is 0.600. The molecule has 1 atom stereocenters. The minimum atomic E-state index is 0.0173. The summed E-state index contributed by atoms with van der Waals surface area (Å²) in [6.45, 7) is 5.40. The Labute approximate surface area is 98.9 Å². The monoisotopic (exact) mass is 240 g/mol. The van der Waals surface area contributed by atoms with Crippen molar-refractivity contribution in [1.29, 1.82) is 0 Å². The van der Waals surface area contributed by atoms with Crippen molar-refractivity contribution in [3.05, 3.63) is 11.6 Å². The van der Waals surface area contributed by atoms with Crippen LogP contribution in [0.25, 0.3) is 0 Å². The molecule has 1 aromatic rings. The normalized spacial score (nSPS) is 21.9. The minimum absolute atomic E-state index is 0.0173. The zero-order valence-corrected chi connectivity index (χ0v) is 10.1.